The van der Waals surface area contributed by atoms with Crippen LogP contribution in [0.15, 0.2) is 24.3 Å². The van der Waals surface area contributed by atoms with Crippen molar-refractivity contribution >= 4 is 11.6 Å². The molecule has 1 amide bonds. The van der Waals surface area contributed by atoms with Crippen LogP contribution in [0.3, 0.4) is 0 Å². The first kappa shape index (κ1) is 15.5. The fourth-order valence-corrected chi connectivity index (χ4v) is 2.09. The molecule has 3 heteroatoms. The van der Waals surface area contributed by atoms with Crippen molar-refractivity contribution in [3.05, 3.63) is 29.8 Å². The molecule has 0 fully saturated rings. The lowest BCUT2D eigenvalue weighted by Gasteiger charge is -2.25. The van der Waals surface area contributed by atoms with Crippen LogP contribution in [0.1, 0.15) is 39.2 Å². The SMILES string of the molecule is CCN(CC)C(=O)CN(C)c1cccc(C(C)C)c1. The van der Waals surface area contributed by atoms with Gasteiger partial charge in [-0.1, -0.05) is 26.0 Å². The van der Waals surface area contributed by atoms with Gasteiger partial charge in [0.2, 0.25) is 5.91 Å². The number of likely N-dealkylation sites (N-methyl/N-ethyl adjacent to an activating group) is 2. The minimum absolute atomic E-state index is 0.183. The molecule has 0 aromatic heterocycles. The van der Waals surface area contributed by atoms with E-state index in [0.29, 0.717) is 12.5 Å². The molecular formula is C16H26N2O. The molecule has 0 heterocycles. The van der Waals surface area contributed by atoms with Crippen LogP contribution in [0.25, 0.3) is 0 Å². The van der Waals surface area contributed by atoms with Crippen molar-refractivity contribution in [1.29, 1.82) is 0 Å². The second kappa shape index (κ2) is 7.17. The molecule has 19 heavy (non-hydrogen) atoms. The van der Waals surface area contributed by atoms with Crippen molar-refractivity contribution in [2.24, 2.45) is 0 Å². The summed E-state index contributed by atoms with van der Waals surface area (Å²) in [5.41, 5.74) is 2.41. The average molecular weight is 262 g/mol. The van der Waals surface area contributed by atoms with Gasteiger partial charge in [-0.3, -0.25) is 4.79 Å². The molecule has 106 valence electrons. The smallest absolute Gasteiger partial charge is 0.242 e. The Labute approximate surface area is 117 Å². The second-order valence-corrected chi connectivity index (χ2v) is 5.17. The second-order valence-electron chi connectivity index (χ2n) is 5.17. The van der Waals surface area contributed by atoms with E-state index in [1.54, 1.807) is 0 Å². The predicted octanol–water partition coefficient (Wildman–Crippen LogP) is 3.11. The van der Waals surface area contributed by atoms with Crippen molar-refractivity contribution in [3.8, 4) is 0 Å². The Morgan fingerprint density at radius 3 is 2.37 bits per heavy atom. The Kier molecular flexibility index (Phi) is 5.87. The third-order valence-corrected chi connectivity index (χ3v) is 3.47. The van der Waals surface area contributed by atoms with Crippen molar-refractivity contribution < 1.29 is 4.79 Å². The quantitative estimate of drug-likeness (QED) is 0.786. The van der Waals surface area contributed by atoms with Gasteiger partial charge in [-0.2, -0.15) is 0 Å². The molecule has 0 unspecified atom stereocenters. The fourth-order valence-electron chi connectivity index (χ4n) is 2.09. The number of anilines is 1. The zero-order valence-electron chi connectivity index (χ0n) is 12.8. The third kappa shape index (κ3) is 4.27. The molecule has 1 aromatic carbocycles. The highest BCUT2D eigenvalue weighted by atomic mass is 16.2. The number of hydrogen-bond donors (Lipinski definition) is 0. The van der Waals surface area contributed by atoms with Gasteiger partial charge >= 0.3 is 0 Å². The van der Waals surface area contributed by atoms with Crippen LogP contribution in [0.5, 0.6) is 0 Å². The number of amides is 1. The van der Waals surface area contributed by atoms with E-state index in [9.17, 15) is 4.79 Å². The van der Waals surface area contributed by atoms with Crippen LogP contribution in [0, 0.1) is 0 Å². The van der Waals surface area contributed by atoms with Crippen LogP contribution in [-0.4, -0.2) is 37.5 Å². The van der Waals surface area contributed by atoms with Crippen LogP contribution in [0.4, 0.5) is 5.69 Å². The van der Waals surface area contributed by atoms with Gasteiger partial charge in [-0.05, 0) is 37.5 Å². The summed E-state index contributed by atoms with van der Waals surface area (Å²) in [5.74, 6) is 0.689. The Bertz CT molecular complexity index is 411. The summed E-state index contributed by atoms with van der Waals surface area (Å²) in [7, 11) is 1.97. The molecule has 1 rings (SSSR count). The van der Waals surface area contributed by atoms with Crippen LogP contribution in [0.2, 0.25) is 0 Å². The fraction of sp³-hybridized carbons (Fsp3) is 0.562. The van der Waals surface area contributed by atoms with E-state index < -0.39 is 0 Å². The van der Waals surface area contributed by atoms with Crippen LogP contribution >= 0.6 is 0 Å². The minimum atomic E-state index is 0.183. The lowest BCUT2D eigenvalue weighted by molar-refractivity contribution is -0.129. The average Bonchev–Trinajstić information content (AvgIpc) is 2.40. The van der Waals surface area contributed by atoms with Gasteiger partial charge in [-0.25, -0.2) is 0 Å². The molecule has 0 N–H and O–H groups in total. The van der Waals surface area contributed by atoms with E-state index in [1.807, 2.05) is 30.7 Å². The van der Waals surface area contributed by atoms with E-state index in [2.05, 4.69) is 38.1 Å². The summed E-state index contributed by atoms with van der Waals surface area (Å²) in [5, 5.41) is 0. The molecule has 0 aliphatic rings. The van der Waals surface area contributed by atoms with E-state index in [1.165, 1.54) is 5.56 Å². The molecule has 0 radical (unpaired) electrons. The number of carbonyl (C=O) groups is 1. The highest BCUT2D eigenvalue weighted by Gasteiger charge is 2.13. The Balaban J connectivity index is 2.75. The summed E-state index contributed by atoms with van der Waals surface area (Å²) in [6, 6.07) is 8.42. The molecule has 1 aromatic rings. The molecule has 3 nitrogen and oxygen atoms in total. The minimum Gasteiger partial charge on any atom is -0.365 e. The summed E-state index contributed by atoms with van der Waals surface area (Å²) < 4.78 is 0. The Morgan fingerprint density at radius 1 is 1.21 bits per heavy atom. The molecule has 0 aliphatic heterocycles. The van der Waals surface area contributed by atoms with Gasteiger partial charge in [0.05, 0.1) is 6.54 Å². The van der Waals surface area contributed by atoms with Gasteiger partial charge in [0.25, 0.3) is 0 Å². The summed E-state index contributed by atoms with van der Waals surface area (Å²) in [6.45, 7) is 10.4. The summed E-state index contributed by atoms with van der Waals surface area (Å²) in [4.78, 5) is 16.0. The lowest BCUT2D eigenvalue weighted by Crippen LogP contribution is -2.38. The molecule has 0 bridgehead atoms. The largest absolute Gasteiger partial charge is 0.365 e. The number of rotatable bonds is 6. The predicted molar refractivity (Wildman–Crippen MR) is 81.7 cm³/mol. The lowest BCUT2D eigenvalue weighted by atomic mass is 10.0. The molecule has 0 aliphatic carbocycles. The van der Waals surface area contributed by atoms with Crippen molar-refractivity contribution in [1.82, 2.24) is 4.90 Å². The maximum Gasteiger partial charge on any atom is 0.242 e. The number of carbonyl (C=O) groups excluding carboxylic acids is 1. The Morgan fingerprint density at radius 2 is 1.84 bits per heavy atom. The number of benzene rings is 1. The van der Waals surface area contributed by atoms with Gasteiger partial charge in [0.1, 0.15) is 0 Å². The summed E-state index contributed by atoms with van der Waals surface area (Å²) in [6.07, 6.45) is 0. The summed E-state index contributed by atoms with van der Waals surface area (Å²) >= 11 is 0. The van der Waals surface area contributed by atoms with Crippen LogP contribution < -0.4 is 4.90 Å². The first-order valence-electron chi connectivity index (χ1n) is 7.08. The maximum atomic E-state index is 12.1. The Hall–Kier alpha value is -1.51. The van der Waals surface area contributed by atoms with Gasteiger partial charge < -0.3 is 9.80 Å². The van der Waals surface area contributed by atoms with Crippen molar-refractivity contribution in [2.45, 2.75) is 33.6 Å². The highest BCUT2D eigenvalue weighted by Crippen LogP contribution is 2.20. The zero-order valence-corrected chi connectivity index (χ0v) is 12.8. The van der Waals surface area contributed by atoms with E-state index in [-0.39, 0.29) is 5.91 Å². The van der Waals surface area contributed by atoms with E-state index in [0.717, 1.165) is 18.8 Å². The van der Waals surface area contributed by atoms with Crippen molar-refractivity contribution in [3.63, 3.8) is 0 Å². The van der Waals surface area contributed by atoms with E-state index in [4.69, 9.17) is 0 Å². The monoisotopic (exact) mass is 262 g/mol. The van der Waals surface area contributed by atoms with Crippen LogP contribution in [-0.2, 0) is 4.79 Å². The molecule has 0 atom stereocenters. The first-order chi connectivity index (χ1) is 8.99. The molecule has 0 spiro atoms. The molecular weight excluding hydrogens is 236 g/mol. The zero-order chi connectivity index (χ0) is 14.4. The van der Waals surface area contributed by atoms with Crippen molar-refractivity contribution in [2.75, 3.05) is 31.6 Å². The van der Waals surface area contributed by atoms with Gasteiger partial charge in [-0.15, -0.1) is 0 Å². The van der Waals surface area contributed by atoms with Gasteiger partial charge in [0.15, 0.2) is 0 Å². The third-order valence-electron chi connectivity index (χ3n) is 3.47. The standard InChI is InChI=1S/C16H26N2O/c1-6-18(7-2)16(19)12-17(5)15-10-8-9-14(11-15)13(3)4/h8-11,13H,6-7,12H2,1-5H3. The number of nitrogens with zero attached hydrogens (tertiary/aromatic N) is 2. The molecule has 0 saturated carbocycles. The highest BCUT2D eigenvalue weighted by molar-refractivity contribution is 5.81. The maximum absolute atomic E-state index is 12.1. The van der Waals surface area contributed by atoms with Gasteiger partial charge in [0, 0.05) is 25.8 Å². The topological polar surface area (TPSA) is 23.6 Å². The normalized spacial score (nSPS) is 10.6. The van der Waals surface area contributed by atoms with E-state index >= 15 is 0 Å². The first-order valence-corrected chi connectivity index (χ1v) is 7.08. The molecule has 0 saturated heterocycles. The number of hydrogen-bond acceptors (Lipinski definition) is 2.